The summed E-state index contributed by atoms with van der Waals surface area (Å²) < 4.78 is 0.926. The molecule has 15 heavy (non-hydrogen) atoms. The third kappa shape index (κ3) is 1.68. The molecular weight excluding hydrogens is 240 g/mol. The first kappa shape index (κ1) is 12.5. The molecule has 0 nitrogen and oxygen atoms in total. The first-order chi connectivity index (χ1) is 6.62. The van der Waals surface area contributed by atoms with E-state index in [2.05, 4.69) is 76.8 Å². The van der Waals surface area contributed by atoms with Crippen molar-refractivity contribution in [3.63, 3.8) is 0 Å². The number of thioether (sulfide) groups is 3. The number of hydrogen-bond acceptors (Lipinski definition) is 3. The van der Waals surface area contributed by atoms with Gasteiger partial charge in [0.25, 0.3) is 0 Å². The van der Waals surface area contributed by atoms with Crippen LogP contribution in [0, 0.1) is 10.8 Å². The van der Waals surface area contributed by atoms with E-state index < -0.39 is 0 Å². The second-order valence-corrected chi connectivity index (χ2v) is 11.3. The van der Waals surface area contributed by atoms with Gasteiger partial charge < -0.3 is 0 Å². The highest BCUT2D eigenvalue weighted by molar-refractivity contribution is 8.33. The molecule has 0 amide bonds. The minimum absolute atomic E-state index is 0.416. The van der Waals surface area contributed by atoms with Crippen molar-refractivity contribution < 1.29 is 0 Å². The molecule has 2 unspecified atom stereocenters. The molecule has 0 aromatic heterocycles. The highest BCUT2D eigenvalue weighted by Gasteiger charge is 2.64. The smallest absolute Gasteiger partial charge is 0.0764 e. The van der Waals surface area contributed by atoms with Crippen LogP contribution in [-0.2, 0) is 0 Å². The van der Waals surface area contributed by atoms with Gasteiger partial charge in [0.15, 0.2) is 0 Å². The van der Waals surface area contributed by atoms with Gasteiger partial charge in [-0.2, -0.15) is 0 Å². The summed E-state index contributed by atoms with van der Waals surface area (Å²) >= 11 is 6.69. The summed E-state index contributed by atoms with van der Waals surface area (Å²) in [5.41, 5.74) is 0.831. The van der Waals surface area contributed by atoms with Gasteiger partial charge >= 0.3 is 0 Å². The van der Waals surface area contributed by atoms with E-state index in [1.807, 2.05) is 0 Å². The van der Waals surface area contributed by atoms with Gasteiger partial charge in [-0.25, -0.2) is 0 Å². The van der Waals surface area contributed by atoms with Crippen LogP contribution in [0.3, 0.4) is 0 Å². The molecule has 0 aromatic rings. The molecule has 3 heteroatoms. The average molecular weight is 263 g/mol. The number of fused-ring (bicyclic) bond motifs is 2. The Labute approximate surface area is 107 Å². The van der Waals surface area contributed by atoms with Gasteiger partial charge in [0.1, 0.15) is 0 Å². The second-order valence-electron chi connectivity index (χ2n) is 6.69. The van der Waals surface area contributed by atoms with Crippen molar-refractivity contribution in [3.8, 4) is 0 Å². The highest BCUT2D eigenvalue weighted by Crippen LogP contribution is 2.75. The Morgan fingerprint density at radius 2 is 1.07 bits per heavy atom. The first-order valence-electron chi connectivity index (χ1n) is 5.60. The van der Waals surface area contributed by atoms with Gasteiger partial charge in [0.2, 0.25) is 0 Å². The Kier molecular flexibility index (Phi) is 2.74. The number of rotatable bonds is 0. The van der Waals surface area contributed by atoms with E-state index in [1.165, 1.54) is 11.5 Å². The minimum Gasteiger partial charge on any atom is -0.140 e. The average Bonchev–Trinajstić information content (AvgIpc) is 2.57. The lowest BCUT2D eigenvalue weighted by Crippen LogP contribution is -2.36. The molecule has 2 rings (SSSR count). The summed E-state index contributed by atoms with van der Waals surface area (Å²) in [5.74, 6) is 2.65. The topological polar surface area (TPSA) is 0 Å². The molecule has 2 bridgehead atoms. The Morgan fingerprint density at radius 1 is 0.733 bits per heavy atom. The van der Waals surface area contributed by atoms with Crippen LogP contribution < -0.4 is 0 Å². The van der Waals surface area contributed by atoms with E-state index in [-0.39, 0.29) is 0 Å². The molecule has 0 N–H and O–H groups in total. The SMILES string of the molecule is CC(C)(C)C12CSC(C(C)(C)C)(CS1)S2. The van der Waals surface area contributed by atoms with Crippen LogP contribution >= 0.6 is 35.3 Å². The van der Waals surface area contributed by atoms with Crippen molar-refractivity contribution in [2.75, 3.05) is 11.5 Å². The van der Waals surface area contributed by atoms with Gasteiger partial charge in [0.05, 0.1) is 8.16 Å². The summed E-state index contributed by atoms with van der Waals surface area (Å²) in [7, 11) is 0. The molecule has 2 heterocycles. The normalized spacial score (nSPS) is 41.2. The Hall–Kier alpha value is 1.05. The number of hydrogen-bond donors (Lipinski definition) is 0. The van der Waals surface area contributed by atoms with E-state index in [4.69, 9.17) is 0 Å². The summed E-state index contributed by atoms with van der Waals surface area (Å²) in [6, 6.07) is 0. The molecule has 88 valence electrons. The summed E-state index contributed by atoms with van der Waals surface area (Å²) in [4.78, 5) is 0. The van der Waals surface area contributed by atoms with E-state index in [0.717, 1.165) is 0 Å². The van der Waals surface area contributed by atoms with Gasteiger partial charge in [0, 0.05) is 11.5 Å². The molecule has 2 atom stereocenters. The molecule has 2 aliphatic rings. The van der Waals surface area contributed by atoms with Crippen LogP contribution in [0.2, 0.25) is 0 Å². The fourth-order valence-electron chi connectivity index (χ4n) is 2.06. The molecule has 0 saturated carbocycles. The van der Waals surface area contributed by atoms with Gasteiger partial charge in [-0.05, 0) is 10.8 Å². The van der Waals surface area contributed by atoms with Crippen molar-refractivity contribution in [3.05, 3.63) is 0 Å². The predicted octanol–water partition coefficient (Wildman–Crippen LogP) is 4.70. The third-order valence-corrected chi connectivity index (χ3v) is 11.3. The van der Waals surface area contributed by atoms with Gasteiger partial charge in [-0.3, -0.25) is 0 Å². The summed E-state index contributed by atoms with van der Waals surface area (Å²) in [5, 5.41) is 0. The standard InChI is InChI=1S/C12H22S3/c1-9(2,3)11-7-14-12(15-11,8-13-11)10(4,5)6/h7-8H2,1-6H3. The maximum Gasteiger partial charge on any atom is 0.0764 e. The summed E-state index contributed by atoms with van der Waals surface area (Å²) in [6.07, 6.45) is 0. The van der Waals surface area contributed by atoms with Crippen molar-refractivity contribution in [1.29, 1.82) is 0 Å². The Balaban J connectivity index is 2.29. The van der Waals surface area contributed by atoms with E-state index in [0.29, 0.717) is 19.0 Å². The van der Waals surface area contributed by atoms with Crippen molar-refractivity contribution in [1.82, 2.24) is 0 Å². The van der Waals surface area contributed by atoms with E-state index >= 15 is 0 Å². The van der Waals surface area contributed by atoms with Crippen LogP contribution in [0.5, 0.6) is 0 Å². The molecule has 0 spiro atoms. The van der Waals surface area contributed by atoms with E-state index in [1.54, 1.807) is 0 Å². The van der Waals surface area contributed by atoms with Gasteiger partial charge in [-0.1, -0.05) is 41.5 Å². The molecule has 2 fully saturated rings. The van der Waals surface area contributed by atoms with Crippen LogP contribution in [0.15, 0.2) is 0 Å². The monoisotopic (exact) mass is 262 g/mol. The third-order valence-electron chi connectivity index (χ3n) is 3.61. The maximum absolute atomic E-state index is 2.40. The zero-order chi connectivity index (χ0) is 11.5. The summed E-state index contributed by atoms with van der Waals surface area (Å²) in [6.45, 7) is 14.4. The molecular formula is C12H22S3. The van der Waals surface area contributed by atoms with Crippen LogP contribution in [0.25, 0.3) is 0 Å². The second kappa shape index (κ2) is 3.29. The largest absolute Gasteiger partial charge is 0.140 e. The van der Waals surface area contributed by atoms with Gasteiger partial charge in [-0.15, -0.1) is 35.3 Å². The lowest BCUT2D eigenvalue weighted by Gasteiger charge is -2.38. The van der Waals surface area contributed by atoms with Crippen LogP contribution in [-0.4, -0.2) is 19.7 Å². The van der Waals surface area contributed by atoms with Crippen molar-refractivity contribution >= 4 is 35.3 Å². The quantitative estimate of drug-likeness (QED) is 0.621. The predicted molar refractivity (Wildman–Crippen MR) is 76.9 cm³/mol. The van der Waals surface area contributed by atoms with Crippen LogP contribution in [0.1, 0.15) is 41.5 Å². The Morgan fingerprint density at radius 3 is 1.20 bits per heavy atom. The Bertz CT molecular complexity index is 234. The highest BCUT2D eigenvalue weighted by atomic mass is 32.2. The van der Waals surface area contributed by atoms with Crippen molar-refractivity contribution in [2.45, 2.75) is 49.7 Å². The van der Waals surface area contributed by atoms with E-state index in [9.17, 15) is 0 Å². The molecule has 0 aliphatic carbocycles. The fraction of sp³-hybridized carbons (Fsp3) is 1.00. The van der Waals surface area contributed by atoms with Crippen LogP contribution in [0.4, 0.5) is 0 Å². The zero-order valence-corrected chi connectivity index (χ0v) is 13.1. The fourth-order valence-corrected chi connectivity index (χ4v) is 9.47. The minimum atomic E-state index is 0.416. The molecule has 0 radical (unpaired) electrons. The molecule has 0 aromatic carbocycles. The van der Waals surface area contributed by atoms with Crippen molar-refractivity contribution in [2.24, 2.45) is 10.8 Å². The molecule has 2 aliphatic heterocycles. The maximum atomic E-state index is 2.40. The molecule has 2 saturated heterocycles. The first-order valence-corrected chi connectivity index (χ1v) is 8.39. The zero-order valence-electron chi connectivity index (χ0n) is 10.6. The lowest BCUT2D eigenvalue weighted by molar-refractivity contribution is 0.389. The lowest BCUT2D eigenvalue weighted by atomic mass is 9.92.